The fraction of sp³-hybridized carbons (Fsp3) is 0.167. The molecule has 1 N–H and O–H groups in total. The molecule has 7 heteroatoms. The zero-order valence-electron chi connectivity index (χ0n) is 13.5. The Hall–Kier alpha value is -3.22. The summed E-state index contributed by atoms with van der Waals surface area (Å²) < 4.78 is 23.6. The zero-order valence-corrected chi connectivity index (χ0v) is 13.5. The number of anilines is 1. The number of aromatic nitrogens is 2. The Morgan fingerprint density at radius 3 is 2.60 bits per heavy atom. The van der Waals surface area contributed by atoms with Crippen molar-refractivity contribution in [3.05, 3.63) is 60.4 Å². The Balaban J connectivity index is 1.66. The van der Waals surface area contributed by atoms with Crippen molar-refractivity contribution < 1.29 is 18.4 Å². The lowest BCUT2D eigenvalue weighted by Gasteiger charge is -2.15. The minimum atomic E-state index is -0.760. The molecule has 3 rings (SSSR count). The molecule has 6 nitrogen and oxygen atoms in total. The molecule has 0 aliphatic carbocycles. The molecule has 128 valence electrons. The van der Waals surface area contributed by atoms with Crippen LogP contribution >= 0.6 is 0 Å². The summed E-state index contributed by atoms with van der Waals surface area (Å²) in [6.45, 7) is 1.80. The van der Waals surface area contributed by atoms with Gasteiger partial charge in [-0.1, -0.05) is 25.1 Å². The summed E-state index contributed by atoms with van der Waals surface area (Å²) in [5.41, 5.74) is 0.755. The molecule has 1 heterocycles. The predicted octanol–water partition coefficient (Wildman–Crippen LogP) is 3.67. The van der Waals surface area contributed by atoms with E-state index in [2.05, 4.69) is 15.5 Å². The average Bonchev–Trinajstić information content (AvgIpc) is 3.10. The second-order valence-electron chi connectivity index (χ2n) is 5.25. The van der Waals surface area contributed by atoms with Crippen LogP contribution in [0.5, 0.6) is 5.75 Å². The van der Waals surface area contributed by atoms with E-state index >= 15 is 0 Å². The van der Waals surface area contributed by atoms with Gasteiger partial charge in [0, 0.05) is 5.56 Å². The van der Waals surface area contributed by atoms with E-state index in [0.29, 0.717) is 18.1 Å². The van der Waals surface area contributed by atoms with E-state index in [1.807, 2.05) is 30.3 Å². The maximum atomic E-state index is 12.9. The third-order valence-electron chi connectivity index (χ3n) is 3.44. The molecule has 0 saturated heterocycles. The van der Waals surface area contributed by atoms with Gasteiger partial charge in [-0.05, 0) is 48.0 Å². The number of hydrogen-bond acceptors (Lipinski definition) is 5. The van der Waals surface area contributed by atoms with Crippen LogP contribution in [0.4, 0.5) is 10.3 Å². The first kappa shape index (κ1) is 16.6. The van der Waals surface area contributed by atoms with Crippen molar-refractivity contribution in [2.24, 2.45) is 0 Å². The van der Waals surface area contributed by atoms with Gasteiger partial charge in [0.15, 0.2) is 6.10 Å². The van der Waals surface area contributed by atoms with Crippen LogP contribution in [0.15, 0.2) is 59.1 Å². The molecule has 3 aromatic rings. The maximum Gasteiger partial charge on any atom is 0.270 e. The Morgan fingerprint density at radius 2 is 1.92 bits per heavy atom. The minimum Gasteiger partial charge on any atom is -0.481 e. The molecule has 0 radical (unpaired) electrons. The molecule has 0 saturated carbocycles. The van der Waals surface area contributed by atoms with Crippen LogP contribution in [-0.2, 0) is 4.79 Å². The van der Waals surface area contributed by atoms with Gasteiger partial charge in [0.05, 0.1) is 0 Å². The number of amides is 1. The lowest BCUT2D eigenvalue weighted by Crippen LogP contribution is -2.32. The second kappa shape index (κ2) is 7.57. The lowest BCUT2D eigenvalue weighted by atomic mass is 10.2. The highest BCUT2D eigenvalue weighted by molar-refractivity contribution is 5.92. The highest BCUT2D eigenvalue weighted by atomic mass is 19.1. The molecule has 0 aliphatic rings. The van der Waals surface area contributed by atoms with E-state index in [0.717, 1.165) is 5.56 Å². The molecule has 0 bridgehead atoms. The monoisotopic (exact) mass is 341 g/mol. The van der Waals surface area contributed by atoms with Gasteiger partial charge in [-0.3, -0.25) is 10.1 Å². The van der Waals surface area contributed by atoms with Gasteiger partial charge in [-0.15, -0.1) is 0 Å². The number of carbonyl (C=O) groups excluding carboxylic acids is 1. The number of ether oxygens (including phenoxy) is 1. The molecular weight excluding hydrogens is 325 g/mol. The Bertz CT molecular complexity index is 834. The molecule has 0 fully saturated rings. The maximum absolute atomic E-state index is 12.9. The highest BCUT2D eigenvalue weighted by Gasteiger charge is 2.21. The van der Waals surface area contributed by atoms with Crippen LogP contribution in [-0.4, -0.2) is 22.2 Å². The van der Waals surface area contributed by atoms with E-state index in [-0.39, 0.29) is 11.8 Å². The van der Waals surface area contributed by atoms with Crippen LogP contribution in [0.25, 0.3) is 11.5 Å². The number of carbonyl (C=O) groups is 1. The molecule has 1 atom stereocenters. The normalized spacial score (nSPS) is 11.8. The lowest BCUT2D eigenvalue weighted by molar-refractivity contribution is -0.122. The zero-order chi connectivity index (χ0) is 17.6. The molecule has 0 unspecified atom stereocenters. The molecule has 1 aromatic heterocycles. The van der Waals surface area contributed by atoms with Crippen LogP contribution < -0.4 is 10.1 Å². The van der Waals surface area contributed by atoms with E-state index < -0.39 is 12.0 Å². The van der Waals surface area contributed by atoms with Gasteiger partial charge in [0.2, 0.25) is 0 Å². The fourth-order valence-corrected chi connectivity index (χ4v) is 2.16. The SMILES string of the molecule is CC[C@@H](Oc1ccc(F)cc1)C(=O)Nc1noc(-c2ccccc2)n1. The Kier molecular flexibility index (Phi) is 5.03. The summed E-state index contributed by atoms with van der Waals surface area (Å²) in [7, 11) is 0. The summed E-state index contributed by atoms with van der Waals surface area (Å²) in [6, 6.07) is 14.7. The molecular formula is C18H16FN3O3. The summed E-state index contributed by atoms with van der Waals surface area (Å²) in [6.07, 6.45) is -0.337. The van der Waals surface area contributed by atoms with Gasteiger partial charge >= 0.3 is 0 Å². The second-order valence-corrected chi connectivity index (χ2v) is 5.25. The topological polar surface area (TPSA) is 77.2 Å². The number of nitrogens with zero attached hydrogens (tertiary/aromatic N) is 2. The summed E-state index contributed by atoms with van der Waals surface area (Å²) >= 11 is 0. The third-order valence-corrected chi connectivity index (χ3v) is 3.44. The van der Waals surface area contributed by atoms with Crippen molar-refractivity contribution in [3.63, 3.8) is 0 Å². The summed E-state index contributed by atoms with van der Waals surface area (Å²) in [5, 5.41) is 6.31. The van der Waals surface area contributed by atoms with E-state index in [1.54, 1.807) is 6.92 Å². The summed E-state index contributed by atoms with van der Waals surface area (Å²) in [5.74, 6) is -0.00720. The molecule has 25 heavy (non-hydrogen) atoms. The van der Waals surface area contributed by atoms with Crippen molar-refractivity contribution in [3.8, 4) is 17.2 Å². The Labute approximate surface area is 143 Å². The van der Waals surface area contributed by atoms with Gasteiger partial charge in [-0.2, -0.15) is 4.98 Å². The van der Waals surface area contributed by atoms with E-state index in [4.69, 9.17) is 9.26 Å². The number of nitrogens with one attached hydrogen (secondary N) is 1. The van der Waals surface area contributed by atoms with E-state index in [9.17, 15) is 9.18 Å². The van der Waals surface area contributed by atoms with E-state index in [1.165, 1.54) is 24.3 Å². The smallest absolute Gasteiger partial charge is 0.270 e. The first-order chi connectivity index (χ1) is 12.2. The highest BCUT2D eigenvalue weighted by Crippen LogP contribution is 2.19. The molecule has 2 aromatic carbocycles. The fourth-order valence-electron chi connectivity index (χ4n) is 2.16. The van der Waals surface area contributed by atoms with Gasteiger partial charge in [-0.25, -0.2) is 4.39 Å². The first-order valence-corrected chi connectivity index (χ1v) is 7.78. The number of benzene rings is 2. The number of hydrogen-bond donors (Lipinski definition) is 1. The number of halogens is 1. The first-order valence-electron chi connectivity index (χ1n) is 7.78. The standard InChI is InChI=1S/C18H16FN3O3/c1-2-15(24-14-10-8-13(19)9-11-14)16(23)20-18-21-17(25-22-18)12-6-4-3-5-7-12/h3-11,15H,2H2,1H3,(H,20,22,23)/t15-/m1/s1. The Morgan fingerprint density at radius 1 is 1.20 bits per heavy atom. The van der Waals surface area contributed by atoms with Gasteiger partial charge in [0.25, 0.3) is 17.7 Å². The van der Waals surface area contributed by atoms with Crippen molar-refractivity contribution >= 4 is 11.9 Å². The van der Waals surface area contributed by atoms with Crippen LogP contribution in [0.1, 0.15) is 13.3 Å². The largest absolute Gasteiger partial charge is 0.481 e. The van der Waals surface area contributed by atoms with Crippen molar-refractivity contribution in [1.29, 1.82) is 0 Å². The third kappa shape index (κ3) is 4.20. The average molecular weight is 341 g/mol. The van der Waals surface area contributed by atoms with Gasteiger partial charge in [0.1, 0.15) is 11.6 Å². The van der Waals surface area contributed by atoms with Crippen molar-refractivity contribution in [2.75, 3.05) is 5.32 Å². The van der Waals surface area contributed by atoms with Crippen LogP contribution in [0, 0.1) is 5.82 Å². The molecule has 1 amide bonds. The summed E-state index contributed by atoms with van der Waals surface area (Å²) in [4.78, 5) is 16.5. The van der Waals surface area contributed by atoms with Crippen molar-refractivity contribution in [2.45, 2.75) is 19.4 Å². The van der Waals surface area contributed by atoms with Gasteiger partial charge < -0.3 is 9.26 Å². The van der Waals surface area contributed by atoms with Crippen LogP contribution in [0.2, 0.25) is 0 Å². The quantitative estimate of drug-likeness (QED) is 0.740. The number of rotatable bonds is 6. The van der Waals surface area contributed by atoms with Crippen molar-refractivity contribution in [1.82, 2.24) is 10.1 Å². The molecule has 0 aliphatic heterocycles. The molecule has 0 spiro atoms. The predicted molar refractivity (Wildman–Crippen MR) is 89.5 cm³/mol. The minimum absolute atomic E-state index is 0.0602. The van der Waals surface area contributed by atoms with Crippen LogP contribution in [0.3, 0.4) is 0 Å².